The van der Waals surface area contributed by atoms with Gasteiger partial charge in [-0.15, -0.1) is 0 Å². The van der Waals surface area contributed by atoms with E-state index < -0.39 is 12.0 Å². The molecule has 0 spiro atoms. The smallest absolute Gasteiger partial charge is 0.322 e. The first-order valence-corrected chi connectivity index (χ1v) is 7.34. The molecule has 0 amide bonds. The Bertz CT molecular complexity index is 539. The van der Waals surface area contributed by atoms with Crippen molar-refractivity contribution in [1.82, 2.24) is 10.9 Å². The maximum Gasteiger partial charge on any atom is 0.322 e. The molecule has 0 bridgehead atoms. The first-order valence-electron chi connectivity index (χ1n) is 7.34. The van der Waals surface area contributed by atoms with Crippen molar-refractivity contribution in [2.24, 2.45) is 0 Å². The number of hydrogen-bond acceptors (Lipinski definition) is 3. The van der Waals surface area contributed by atoms with Crippen molar-refractivity contribution in [3.63, 3.8) is 0 Å². The number of benzene rings is 1. The SMILES string of the molecule is CC(C)(c1ccc2c(c1)CCC2)C1CC(C(=O)O)NN1. The monoisotopic (exact) mass is 274 g/mol. The molecule has 1 aromatic rings. The van der Waals surface area contributed by atoms with Crippen LogP contribution in [-0.4, -0.2) is 23.2 Å². The van der Waals surface area contributed by atoms with Crippen LogP contribution in [0.1, 0.15) is 43.4 Å². The van der Waals surface area contributed by atoms with Crippen LogP contribution in [0.5, 0.6) is 0 Å². The second-order valence-electron chi connectivity index (χ2n) is 6.53. The highest BCUT2D eigenvalue weighted by Gasteiger charge is 2.39. The quantitative estimate of drug-likeness (QED) is 0.786. The summed E-state index contributed by atoms with van der Waals surface area (Å²) in [5, 5.41) is 9.09. The second-order valence-corrected chi connectivity index (χ2v) is 6.53. The molecule has 2 unspecified atom stereocenters. The number of aliphatic carboxylic acids is 1. The van der Waals surface area contributed by atoms with Crippen LogP contribution >= 0.6 is 0 Å². The largest absolute Gasteiger partial charge is 0.480 e. The fourth-order valence-corrected chi connectivity index (χ4v) is 3.37. The van der Waals surface area contributed by atoms with Crippen molar-refractivity contribution in [2.75, 3.05) is 0 Å². The third-order valence-electron chi connectivity index (χ3n) is 4.91. The Morgan fingerprint density at radius 3 is 2.70 bits per heavy atom. The van der Waals surface area contributed by atoms with Crippen LogP contribution in [-0.2, 0) is 23.1 Å². The molecule has 108 valence electrons. The van der Waals surface area contributed by atoms with Gasteiger partial charge in [0.25, 0.3) is 0 Å². The minimum absolute atomic E-state index is 0.0885. The van der Waals surface area contributed by atoms with Gasteiger partial charge in [0, 0.05) is 11.5 Å². The number of hydrazine groups is 1. The van der Waals surface area contributed by atoms with Gasteiger partial charge in [-0.1, -0.05) is 32.0 Å². The van der Waals surface area contributed by atoms with Gasteiger partial charge < -0.3 is 5.11 Å². The van der Waals surface area contributed by atoms with E-state index in [9.17, 15) is 4.79 Å². The van der Waals surface area contributed by atoms with E-state index in [-0.39, 0.29) is 11.5 Å². The molecule has 3 rings (SSSR count). The standard InChI is InChI=1S/C16H22N2O2/c1-16(2,14-9-13(15(19)20)17-18-14)12-7-6-10-4-3-5-11(10)8-12/h6-8,13-14,17-18H,3-5,9H2,1-2H3,(H,19,20). The lowest BCUT2D eigenvalue weighted by Crippen LogP contribution is -2.44. The normalized spacial score (nSPS) is 25.7. The zero-order chi connectivity index (χ0) is 14.3. The van der Waals surface area contributed by atoms with E-state index in [1.54, 1.807) is 0 Å². The van der Waals surface area contributed by atoms with Crippen LogP contribution in [0.15, 0.2) is 18.2 Å². The fraction of sp³-hybridized carbons (Fsp3) is 0.562. The van der Waals surface area contributed by atoms with Crippen LogP contribution in [0.4, 0.5) is 0 Å². The summed E-state index contributed by atoms with van der Waals surface area (Å²) in [7, 11) is 0. The van der Waals surface area contributed by atoms with Gasteiger partial charge in [0.05, 0.1) is 0 Å². The molecule has 1 aliphatic heterocycles. The molecular formula is C16H22N2O2. The van der Waals surface area contributed by atoms with Crippen LogP contribution < -0.4 is 10.9 Å². The molecule has 3 N–H and O–H groups in total. The van der Waals surface area contributed by atoms with Crippen molar-refractivity contribution in [3.05, 3.63) is 34.9 Å². The van der Waals surface area contributed by atoms with Gasteiger partial charge in [-0.25, -0.2) is 5.43 Å². The summed E-state index contributed by atoms with van der Waals surface area (Å²) >= 11 is 0. The molecule has 2 atom stereocenters. The van der Waals surface area contributed by atoms with E-state index in [2.05, 4.69) is 42.9 Å². The number of aryl methyl sites for hydroxylation is 2. The summed E-state index contributed by atoms with van der Waals surface area (Å²) in [5.41, 5.74) is 10.2. The Kier molecular flexibility index (Phi) is 3.30. The third kappa shape index (κ3) is 2.23. The lowest BCUT2D eigenvalue weighted by molar-refractivity contribution is -0.139. The van der Waals surface area contributed by atoms with E-state index in [0.29, 0.717) is 6.42 Å². The molecule has 0 saturated carbocycles. The van der Waals surface area contributed by atoms with E-state index >= 15 is 0 Å². The topological polar surface area (TPSA) is 61.4 Å². The number of hydrogen-bond donors (Lipinski definition) is 3. The summed E-state index contributed by atoms with van der Waals surface area (Å²) in [6.07, 6.45) is 4.23. The van der Waals surface area contributed by atoms with Crippen LogP contribution in [0.25, 0.3) is 0 Å². The van der Waals surface area contributed by atoms with Gasteiger partial charge in [-0.05, 0) is 42.4 Å². The van der Waals surface area contributed by atoms with Gasteiger partial charge in [-0.2, -0.15) is 0 Å². The van der Waals surface area contributed by atoms with Crippen molar-refractivity contribution < 1.29 is 9.90 Å². The van der Waals surface area contributed by atoms with E-state index in [1.165, 1.54) is 36.0 Å². The number of nitrogens with one attached hydrogen (secondary N) is 2. The van der Waals surface area contributed by atoms with Crippen molar-refractivity contribution in [1.29, 1.82) is 0 Å². The van der Waals surface area contributed by atoms with E-state index in [4.69, 9.17) is 5.11 Å². The minimum Gasteiger partial charge on any atom is -0.480 e. The van der Waals surface area contributed by atoms with Crippen molar-refractivity contribution >= 4 is 5.97 Å². The zero-order valence-electron chi connectivity index (χ0n) is 12.1. The maximum atomic E-state index is 11.1. The van der Waals surface area contributed by atoms with Gasteiger partial charge in [0.15, 0.2) is 0 Å². The predicted octanol–water partition coefficient (Wildman–Crippen LogP) is 1.77. The molecular weight excluding hydrogens is 252 g/mol. The number of carbonyl (C=O) groups is 1. The third-order valence-corrected chi connectivity index (χ3v) is 4.91. The van der Waals surface area contributed by atoms with Crippen LogP contribution in [0.2, 0.25) is 0 Å². The summed E-state index contributed by atoms with van der Waals surface area (Å²) in [5.74, 6) is -0.787. The fourth-order valence-electron chi connectivity index (χ4n) is 3.37. The van der Waals surface area contributed by atoms with Gasteiger partial charge in [0.2, 0.25) is 0 Å². The Morgan fingerprint density at radius 1 is 1.25 bits per heavy atom. The number of carboxylic acid groups (broad SMARTS) is 1. The van der Waals surface area contributed by atoms with Crippen molar-refractivity contribution in [2.45, 2.75) is 57.0 Å². The molecule has 1 aliphatic carbocycles. The highest BCUT2D eigenvalue weighted by molar-refractivity contribution is 5.73. The molecule has 4 nitrogen and oxygen atoms in total. The summed E-state index contributed by atoms with van der Waals surface area (Å²) < 4.78 is 0. The average molecular weight is 274 g/mol. The first-order chi connectivity index (χ1) is 9.48. The summed E-state index contributed by atoms with van der Waals surface area (Å²) in [4.78, 5) is 11.1. The van der Waals surface area contributed by atoms with Gasteiger partial charge >= 0.3 is 5.97 Å². The predicted molar refractivity (Wildman–Crippen MR) is 77.6 cm³/mol. The van der Waals surface area contributed by atoms with E-state index in [1.807, 2.05) is 0 Å². The molecule has 4 heteroatoms. The average Bonchev–Trinajstić information content (AvgIpc) is 3.07. The summed E-state index contributed by atoms with van der Waals surface area (Å²) in [6, 6.07) is 6.41. The van der Waals surface area contributed by atoms with Gasteiger partial charge in [0.1, 0.15) is 6.04 Å². The highest BCUT2D eigenvalue weighted by Crippen LogP contribution is 2.34. The molecule has 1 heterocycles. The Balaban J connectivity index is 1.83. The summed E-state index contributed by atoms with van der Waals surface area (Å²) in [6.45, 7) is 4.38. The second kappa shape index (κ2) is 4.86. The Hall–Kier alpha value is -1.39. The van der Waals surface area contributed by atoms with Gasteiger partial charge in [-0.3, -0.25) is 10.2 Å². The molecule has 2 aliphatic rings. The van der Waals surface area contributed by atoms with E-state index in [0.717, 1.165) is 0 Å². The van der Waals surface area contributed by atoms with Crippen molar-refractivity contribution in [3.8, 4) is 0 Å². The molecule has 0 radical (unpaired) electrons. The van der Waals surface area contributed by atoms with Crippen LogP contribution in [0, 0.1) is 0 Å². The molecule has 0 aromatic heterocycles. The maximum absolute atomic E-state index is 11.1. The number of rotatable bonds is 3. The zero-order valence-corrected chi connectivity index (χ0v) is 12.1. The number of fused-ring (bicyclic) bond motifs is 1. The molecule has 1 fully saturated rings. The molecule has 20 heavy (non-hydrogen) atoms. The lowest BCUT2D eigenvalue weighted by Gasteiger charge is -2.32. The molecule has 1 aromatic carbocycles. The first kappa shape index (κ1) is 13.6. The Labute approximate surface area is 119 Å². The molecule has 1 saturated heterocycles. The lowest BCUT2D eigenvalue weighted by atomic mass is 9.75. The van der Waals surface area contributed by atoms with Crippen LogP contribution in [0.3, 0.4) is 0 Å². The highest BCUT2D eigenvalue weighted by atomic mass is 16.4. The minimum atomic E-state index is -0.787. The Morgan fingerprint density at radius 2 is 2.00 bits per heavy atom. The number of carboxylic acids is 1.